The van der Waals surface area contributed by atoms with Crippen molar-refractivity contribution in [3.8, 4) is 5.75 Å². The lowest BCUT2D eigenvalue weighted by molar-refractivity contribution is -0.126. The van der Waals surface area contributed by atoms with E-state index in [-0.39, 0.29) is 11.8 Å². The van der Waals surface area contributed by atoms with Crippen LogP contribution in [0.2, 0.25) is 0 Å². The molecule has 1 aromatic carbocycles. The first-order chi connectivity index (χ1) is 14.5. The van der Waals surface area contributed by atoms with Crippen molar-refractivity contribution in [3.05, 3.63) is 59.4 Å². The number of amides is 2. The highest BCUT2D eigenvalue weighted by molar-refractivity contribution is 6.00. The zero-order valence-electron chi connectivity index (χ0n) is 17.4. The molecular weight excluding hydrogens is 382 g/mol. The Kier molecular flexibility index (Phi) is 5.72. The predicted molar refractivity (Wildman–Crippen MR) is 111 cm³/mol. The number of carbonyl (C=O) groups excluding carboxylic acids is 2. The van der Waals surface area contributed by atoms with Gasteiger partial charge < -0.3 is 19.7 Å². The molecule has 2 aliphatic heterocycles. The molecule has 158 valence electrons. The van der Waals surface area contributed by atoms with Crippen molar-refractivity contribution in [2.45, 2.75) is 44.9 Å². The molecule has 1 unspecified atom stereocenters. The highest BCUT2D eigenvalue weighted by atomic mass is 16.5. The van der Waals surface area contributed by atoms with Crippen LogP contribution in [0.25, 0.3) is 0 Å². The Bertz CT molecular complexity index is 925. The summed E-state index contributed by atoms with van der Waals surface area (Å²) < 4.78 is 11.9. The van der Waals surface area contributed by atoms with E-state index < -0.39 is 11.6 Å². The molecule has 1 aromatic heterocycles. The molecule has 0 aliphatic carbocycles. The number of carbonyl (C=O) groups is 2. The summed E-state index contributed by atoms with van der Waals surface area (Å²) in [7, 11) is 0. The lowest BCUT2D eigenvalue weighted by Crippen LogP contribution is -2.55. The maximum Gasteiger partial charge on any atom is 0.258 e. The van der Waals surface area contributed by atoms with Crippen LogP contribution >= 0.6 is 0 Å². The summed E-state index contributed by atoms with van der Waals surface area (Å²) in [6, 6.07) is 10.6. The van der Waals surface area contributed by atoms with Gasteiger partial charge in [-0.15, -0.1) is 0 Å². The first-order valence-corrected chi connectivity index (χ1v) is 10.3. The van der Waals surface area contributed by atoms with Crippen LogP contribution in [0.1, 0.15) is 41.4 Å². The quantitative estimate of drug-likeness (QED) is 0.839. The topological polar surface area (TPSA) is 80.8 Å². The third-order valence-corrected chi connectivity index (χ3v) is 5.83. The summed E-state index contributed by atoms with van der Waals surface area (Å²) in [5.74, 6) is 0.181. The van der Waals surface area contributed by atoms with E-state index in [9.17, 15) is 9.59 Å². The lowest BCUT2D eigenvalue weighted by Gasteiger charge is -2.40. The molecule has 1 spiro atoms. The Labute approximate surface area is 176 Å². The molecule has 0 saturated carbocycles. The largest absolute Gasteiger partial charge is 0.484 e. The van der Waals surface area contributed by atoms with E-state index in [0.717, 1.165) is 11.3 Å². The minimum Gasteiger partial charge on any atom is -0.484 e. The van der Waals surface area contributed by atoms with Gasteiger partial charge in [-0.05, 0) is 38.1 Å². The Hall–Kier alpha value is -2.93. The van der Waals surface area contributed by atoms with Crippen LogP contribution in [-0.2, 0) is 16.1 Å². The van der Waals surface area contributed by atoms with Gasteiger partial charge in [-0.25, -0.2) is 0 Å². The Morgan fingerprint density at radius 1 is 1.27 bits per heavy atom. The number of hydrogen-bond acceptors (Lipinski definition) is 5. The molecule has 2 aliphatic rings. The van der Waals surface area contributed by atoms with Crippen molar-refractivity contribution in [1.82, 2.24) is 15.2 Å². The van der Waals surface area contributed by atoms with Crippen molar-refractivity contribution >= 4 is 11.8 Å². The standard InChI is InChI=1S/C23H27N3O4/c1-16-6-7-20-19(13-16)22(28)26(15-23(30-20)8-11-29-12-9-23)17(2)21(27)25-14-18-5-3-4-10-24-18/h3-7,10,13,17H,8-9,11-12,14-15H2,1-2H3,(H,25,27). The average molecular weight is 409 g/mol. The highest BCUT2D eigenvalue weighted by Gasteiger charge is 2.44. The SMILES string of the molecule is Cc1ccc2c(c1)C(=O)N(C(C)C(=O)NCc1ccccn1)CC1(CCOCC1)O2. The zero-order valence-corrected chi connectivity index (χ0v) is 17.4. The van der Waals surface area contributed by atoms with Gasteiger partial charge in [0.05, 0.1) is 37.6 Å². The van der Waals surface area contributed by atoms with E-state index >= 15 is 0 Å². The number of benzene rings is 1. The second-order valence-electron chi connectivity index (χ2n) is 8.04. The molecule has 3 heterocycles. The fourth-order valence-electron chi connectivity index (χ4n) is 3.99. The Morgan fingerprint density at radius 3 is 2.80 bits per heavy atom. The van der Waals surface area contributed by atoms with Gasteiger partial charge in [0.2, 0.25) is 5.91 Å². The summed E-state index contributed by atoms with van der Waals surface area (Å²) in [6.07, 6.45) is 3.04. The molecule has 1 atom stereocenters. The van der Waals surface area contributed by atoms with E-state index in [1.807, 2.05) is 43.3 Å². The second-order valence-corrected chi connectivity index (χ2v) is 8.04. The number of fused-ring (bicyclic) bond motifs is 1. The minimum absolute atomic E-state index is 0.183. The van der Waals surface area contributed by atoms with Gasteiger partial charge in [0, 0.05) is 19.0 Å². The van der Waals surface area contributed by atoms with Gasteiger partial charge in [-0.3, -0.25) is 14.6 Å². The monoisotopic (exact) mass is 409 g/mol. The number of hydrogen-bond donors (Lipinski definition) is 1. The van der Waals surface area contributed by atoms with E-state index in [4.69, 9.17) is 9.47 Å². The van der Waals surface area contributed by atoms with Gasteiger partial charge in [-0.2, -0.15) is 0 Å². The number of nitrogens with one attached hydrogen (secondary N) is 1. The van der Waals surface area contributed by atoms with Crippen LogP contribution in [-0.4, -0.2) is 53.1 Å². The molecule has 30 heavy (non-hydrogen) atoms. The molecule has 2 amide bonds. The summed E-state index contributed by atoms with van der Waals surface area (Å²) >= 11 is 0. The molecule has 0 bridgehead atoms. The molecular formula is C23H27N3O4. The number of aryl methyl sites for hydroxylation is 1. The van der Waals surface area contributed by atoms with Gasteiger partial charge in [-0.1, -0.05) is 17.7 Å². The molecule has 7 heteroatoms. The third kappa shape index (κ3) is 4.16. The summed E-state index contributed by atoms with van der Waals surface area (Å²) in [6.45, 7) is 5.51. The van der Waals surface area contributed by atoms with Crippen molar-refractivity contribution in [1.29, 1.82) is 0 Å². The highest BCUT2D eigenvalue weighted by Crippen LogP contribution is 2.36. The Morgan fingerprint density at radius 2 is 2.07 bits per heavy atom. The Balaban J connectivity index is 1.59. The summed E-state index contributed by atoms with van der Waals surface area (Å²) in [5, 5.41) is 2.90. The van der Waals surface area contributed by atoms with Gasteiger partial charge in [0.15, 0.2) is 0 Å². The van der Waals surface area contributed by atoms with E-state index in [1.54, 1.807) is 18.0 Å². The van der Waals surface area contributed by atoms with E-state index in [1.165, 1.54) is 0 Å². The van der Waals surface area contributed by atoms with Crippen molar-refractivity contribution in [3.63, 3.8) is 0 Å². The first kappa shape index (κ1) is 20.3. The molecule has 1 fully saturated rings. The average Bonchev–Trinajstić information content (AvgIpc) is 2.88. The van der Waals surface area contributed by atoms with Crippen molar-refractivity contribution in [2.75, 3.05) is 19.8 Å². The van der Waals surface area contributed by atoms with E-state index in [2.05, 4.69) is 10.3 Å². The lowest BCUT2D eigenvalue weighted by atomic mass is 9.93. The number of ether oxygens (including phenoxy) is 2. The number of pyridine rings is 1. The van der Waals surface area contributed by atoms with Crippen LogP contribution in [0, 0.1) is 6.92 Å². The molecule has 1 saturated heterocycles. The van der Waals surface area contributed by atoms with Gasteiger partial charge in [0.25, 0.3) is 5.91 Å². The van der Waals surface area contributed by atoms with Crippen LogP contribution in [0.3, 0.4) is 0 Å². The number of aromatic nitrogens is 1. The van der Waals surface area contributed by atoms with Gasteiger partial charge >= 0.3 is 0 Å². The molecule has 4 rings (SSSR count). The molecule has 2 aromatic rings. The third-order valence-electron chi connectivity index (χ3n) is 5.83. The van der Waals surface area contributed by atoms with Crippen molar-refractivity contribution < 1.29 is 19.1 Å². The van der Waals surface area contributed by atoms with Gasteiger partial charge in [0.1, 0.15) is 17.4 Å². The van der Waals surface area contributed by atoms with Crippen LogP contribution in [0.4, 0.5) is 0 Å². The second kappa shape index (κ2) is 8.44. The van der Waals surface area contributed by atoms with Crippen LogP contribution in [0.15, 0.2) is 42.6 Å². The molecule has 0 radical (unpaired) electrons. The van der Waals surface area contributed by atoms with Crippen molar-refractivity contribution in [2.24, 2.45) is 0 Å². The molecule has 7 nitrogen and oxygen atoms in total. The fraction of sp³-hybridized carbons (Fsp3) is 0.435. The maximum atomic E-state index is 13.5. The summed E-state index contributed by atoms with van der Waals surface area (Å²) in [5.41, 5.74) is 1.69. The first-order valence-electron chi connectivity index (χ1n) is 10.3. The predicted octanol–water partition coefficient (Wildman–Crippen LogP) is 2.48. The minimum atomic E-state index is -0.643. The van der Waals surface area contributed by atoms with Crippen LogP contribution in [0.5, 0.6) is 5.75 Å². The normalized spacial score (nSPS) is 18.9. The number of nitrogens with zero attached hydrogens (tertiary/aromatic N) is 2. The van der Waals surface area contributed by atoms with E-state index in [0.29, 0.717) is 50.5 Å². The zero-order chi connectivity index (χ0) is 21.1. The fourth-order valence-corrected chi connectivity index (χ4v) is 3.99. The summed E-state index contributed by atoms with van der Waals surface area (Å²) in [4.78, 5) is 32.3. The maximum absolute atomic E-state index is 13.5. The smallest absolute Gasteiger partial charge is 0.258 e. The van der Waals surface area contributed by atoms with Crippen LogP contribution < -0.4 is 10.1 Å². The molecule has 1 N–H and O–H groups in total. The number of rotatable bonds is 4.